The average Bonchev–Trinajstić information content (AvgIpc) is 2.46. The molecule has 1 saturated heterocycles. The van der Waals surface area contributed by atoms with Crippen LogP contribution in [0.3, 0.4) is 0 Å². The maximum atomic E-state index is 11.1. The predicted octanol–water partition coefficient (Wildman–Crippen LogP) is 0.452. The summed E-state index contributed by atoms with van der Waals surface area (Å²) in [6.07, 6.45) is -1.38. The lowest BCUT2D eigenvalue weighted by molar-refractivity contribution is -0.159. The fourth-order valence-corrected chi connectivity index (χ4v) is 1.43. The van der Waals surface area contributed by atoms with Gasteiger partial charge in [0.2, 0.25) is 0 Å². The summed E-state index contributed by atoms with van der Waals surface area (Å²) in [6.45, 7) is 5.88. The average molecular weight is 218 g/mol. The van der Waals surface area contributed by atoms with Crippen LogP contribution < -0.4 is 0 Å². The third-order valence-corrected chi connectivity index (χ3v) is 2.14. The minimum atomic E-state index is -0.870. The zero-order valence-electron chi connectivity index (χ0n) is 9.36. The van der Waals surface area contributed by atoms with Crippen LogP contribution in [0.5, 0.6) is 0 Å². The quantitative estimate of drug-likeness (QED) is 0.694. The van der Waals surface area contributed by atoms with E-state index in [2.05, 4.69) is 0 Å². The molecule has 0 aromatic carbocycles. The number of hydrogen-bond donors (Lipinski definition) is 1. The van der Waals surface area contributed by atoms with Crippen LogP contribution in [0.2, 0.25) is 0 Å². The van der Waals surface area contributed by atoms with E-state index in [4.69, 9.17) is 14.2 Å². The Labute approximate surface area is 89.3 Å². The van der Waals surface area contributed by atoms with Crippen molar-refractivity contribution in [1.29, 1.82) is 0 Å². The van der Waals surface area contributed by atoms with Crippen molar-refractivity contribution in [3.8, 4) is 0 Å². The topological polar surface area (TPSA) is 65.0 Å². The van der Waals surface area contributed by atoms with E-state index < -0.39 is 24.0 Å². The maximum absolute atomic E-state index is 11.1. The molecule has 1 aliphatic rings. The first-order valence-electron chi connectivity index (χ1n) is 5.10. The molecule has 0 saturated carbocycles. The lowest BCUT2D eigenvalue weighted by atomic mass is 10.1. The number of aliphatic hydroxyl groups excluding tert-OH is 1. The molecule has 0 radical (unpaired) electrons. The Hall–Kier alpha value is -0.650. The molecule has 2 unspecified atom stereocenters. The monoisotopic (exact) mass is 218 g/mol. The molecule has 15 heavy (non-hydrogen) atoms. The van der Waals surface area contributed by atoms with E-state index in [9.17, 15) is 9.90 Å². The molecule has 5 heteroatoms. The number of carbonyl (C=O) groups is 1. The van der Waals surface area contributed by atoms with Crippen LogP contribution in [0.25, 0.3) is 0 Å². The van der Waals surface area contributed by atoms with Crippen LogP contribution in [0.4, 0.5) is 0 Å². The van der Waals surface area contributed by atoms with Crippen molar-refractivity contribution in [3.05, 3.63) is 0 Å². The van der Waals surface area contributed by atoms with Crippen molar-refractivity contribution in [2.75, 3.05) is 13.2 Å². The molecule has 1 fully saturated rings. The molecular formula is C10H18O5. The molecular weight excluding hydrogens is 200 g/mol. The SMILES string of the molecule is CCOC(=O)CC(O)C1COC(C)(C)O1. The highest BCUT2D eigenvalue weighted by Gasteiger charge is 2.37. The number of carbonyl (C=O) groups excluding carboxylic acids is 1. The molecule has 88 valence electrons. The molecule has 5 nitrogen and oxygen atoms in total. The highest BCUT2D eigenvalue weighted by molar-refractivity contribution is 5.69. The van der Waals surface area contributed by atoms with Crippen LogP contribution in [0.1, 0.15) is 27.2 Å². The molecule has 1 aliphatic heterocycles. The van der Waals surface area contributed by atoms with E-state index in [1.54, 1.807) is 20.8 Å². The Morgan fingerprint density at radius 3 is 2.80 bits per heavy atom. The molecule has 1 N–H and O–H groups in total. The fraction of sp³-hybridized carbons (Fsp3) is 0.900. The normalized spacial score (nSPS) is 26.3. The molecule has 2 atom stereocenters. The highest BCUT2D eigenvalue weighted by Crippen LogP contribution is 2.25. The Morgan fingerprint density at radius 1 is 1.67 bits per heavy atom. The minimum absolute atomic E-state index is 0.0576. The second-order valence-electron chi connectivity index (χ2n) is 3.94. The summed E-state index contributed by atoms with van der Waals surface area (Å²) in [4.78, 5) is 11.1. The number of esters is 1. The molecule has 0 spiro atoms. The Morgan fingerprint density at radius 2 is 2.33 bits per heavy atom. The summed E-state index contributed by atoms with van der Waals surface area (Å²) in [6, 6.07) is 0. The van der Waals surface area contributed by atoms with Gasteiger partial charge in [0.05, 0.1) is 25.7 Å². The van der Waals surface area contributed by atoms with E-state index in [1.165, 1.54) is 0 Å². The van der Waals surface area contributed by atoms with Crippen LogP contribution in [-0.4, -0.2) is 42.3 Å². The van der Waals surface area contributed by atoms with Gasteiger partial charge < -0.3 is 19.3 Å². The number of hydrogen-bond acceptors (Lipinski definition) is 5. The standard InChI is InChI=1S/C10H18O5/c1-4-13-9(12)5-7(11)8-6-14-10(2,3)15-8/h7-8,11H,4-6H2,1-3H3. The maximum Gasteiger partial charge on any atom is 0.308 e. The summed E-state index contributed by atoms with van der Waals surface area (Å²) >= 11 is 0. The Kier molecular flexibility index (Phi) is 4.07. The summed E-state index contributed by atoms with van der Waals surface area (Å²) in [5.74, 6) is -1.10. The summed E-state index contributed by atoms with van der Waals surface area (Å²) in [7, 11) is 0. The van der Waals surface area contributed by atoms with Crippen molar-refractivity contribution < 1.29 is 24.1 Å². The van der Waals surface area contributed by atoms with Gasteiger partial charge in [0, 0.05) is 0 Å². The van der Waals surface area contributed by atoms with Crippen molar-refractivity contribution >= 4 is 5.97 Å². The first-order valence-corrected chi connectivity index (χ1v) is 5.10. The van der Waals surface area contributed by atoms with Gasteiger partial charge >= 0.3 is 5.97 Å². The zero-order chi connectivity index (χ0) is 11.5. The molecule has 0 aliphatic carbocycles. The van der Waals surface area contributed by atoms with E-state index in [1.807, 2.05) is 0 Å². The Balaban J connectivity index is 2.35. The van der Waals surface area contributed by atoms with Gasteiger partial charge in [-0.15, -0.1) is 0 Å². The summed E-state index contributed by atoms with van der Waals surface area (Å²) < 4.78 is 15.4. The van der Waals surface area contributed by atoms with Crippen LogP contribution in [0, 0.1) is 0 Å². The van der Waals surface area contributed by atoms with Crippen LogP contribution >= 0.6 is 0 Å². The van der Waals surface area contributed by atoms with Crippen molar-refractivity contribution in [1.82, 2.24) is 0 Å². The van der Waals surface area contributed by atoms with Crippen LogP contribution in [0.15, 0.2) is 0 Å². The molecule has 0 amide bonds. The minimum Gasteiger partial charge on any atom is -0.466 e. The number of aliphatic hydroxyl groups is 1. The smallest absolute Gasteiger partial charge is 0.308 e. The van der Waals surface area contributed by atoms with E-state index in [-0.39, 0.29) is 6.42 Å². The van der Waals surface area contributed by atoms with Gasteiger partial charge in [-0.1, -0.05) is 0 Å². The summed E-state index contributed by atoms with van der Waals surface area (Å²) in [5, 5.41) is 9.67. The van der Waals surface area contributed by atoms with Gasteiger partial charge in [0.15, 0.2) is 5.79 Å². The third-order valence-electron chi connectivity index (χ3n) is 2.14. The first kappa shape index (κ1) is 12.4. The molecule has 1 rings (SSSR count). The van der Waals surface area contributed by atoms with E-state index in [0.29, 0.717) is 13.2 Å². The first-order chi connectivity index (χ1) is 6.94. The molecule has 0 aromatic heterocycles. The largest absolute Gasteiger partial charge is 0.466 e. The van der Waals surface area contributed by atoms with Gasteiger partial charge in [-0.05, 0) is 20.8 Å². The van der Waals surface area contributed by atoms with Crippen LogP contribution in [-0.2, 0) is 19.0 Å². The van der Waals surface area contributed by atoms with Gasteiger partial charge in [-0.3, -0.25) is 4.79 Å². The lowest BCUT2D eigenvalue weighted by Crippen LogP contribution is -2.32. The van der Waals surface area contributed by atoms with Crippen molar-refractivity contribution in [2.24, 2.45) is 0 Å². The molecule has 0 aromatic rings. The fourth-order valence-electron chi connectivity index (χ4n) is 1.43. The van der Waals surface area contributed by atoms with E-state index >= 15 is 0 Å². The molecule has 1 heterocycles. The Bertz CT molecular complexity index is 226. The predicted molar refractivity (Wildman–Crippen MR) is 52.2 cm³/mol. The van der Waals surface area contributed by atoms with E-state index in [0.717, 1.165) is 0 Å². The number of ether oxygens (including phenoxy) is 3. The van der Waals surface area contributed by atoms with Crippen molar-refractivity contribution in [3.63, 3.8) is 0 Å². The van der Waals surface area contributed by atoms with Gasteiger partial charge in [-0.2, -0.15) is 0 Å². The highest BCUT2D eigenvalue weighted by atomic mass is 16.7. The second-order valence-corrected chi connectivity index (χ2v) is 3.94. The zero-order valence-corrected chi connectivity index (χ0v) is 9.36. The summed E-state index contributed by atoms with van der Waals surface area (Å²) in [5.41, 5.74) is 0. The van der Waals surface area contributed by atoms with Gasteiger partial charge in [-0.25, -0.2) is 0 Å². The number of rotatable bonds is 4. The lowest BCUT2D eigenvalue weighted by Gasteiger charge is -2.19. The second kappa shape index (κ2) is 4.92. The van der Waals surface area contributed by atoms with Crippen molar-refractivity contribution in [2.45, 2.75) is 45.2 Å². The molecule has 0 bridgehead atoms. The van der Waals surface area contributed by atoms with Gasteiger partial charge in [0.25, 0.3) is 0 Å². The third kappa shape index (κ3) is 3.77. The van der Waals surface area contributed by atoms with Gasteiger partial charge in [0.1, 0.15) is 6.10 Å².